The van der Waals surface area contributed by atoms with E-state index in [1.807, 2.05) is 0 Å². The molecule has 1 aliphatic heterocycles. The first kappa shape index (κ1) is 16.3. The number of nitrogens with zero attached hydrogens (tertiary/aromatic N) is 1. The van der Waals surface area contributed by atoms with E-state index >= 15 is 0 Å². The van der Waals surface area contributed by atoms with Crippen LogP contribution in [0, 0.1) is 5.41 Å². The van der Waals surface area contributed by atoms with Crippen molar-refractivity contribution >= 4 is 0 Å². The molecule has 1 heterocycles. The van der Waals surface area contributed by atoms with Crippen LogP contribution in [0.5, 0.6) is 0 Å². The molecule has 0 aromatic carbocycles. The summed E-state index contributed by atoms with van der Waals surface area (Å²) in [6.45, 7) is 10.1. The van der Waals surface area contributed by atoms with Gasteiger partial charge in [-0.15, -0.1) is 0 Å². The van der Waals surface area contributed by atoms with Crippen LogP contribution in [-0.2, 0) is 0 Å². The largest absolute Gasteiger partial charge is 0.314 e. The second kappa shape index (κ2) is 8.38. The molecule has 0 atom stereocenters. The van der Waals surface area contributed by atoms with Gasteiger partial charge in [0.2, 0.25) is 0 Å². The van der Waals surface area contributed by atoms with Crippen molar-refractivity contribution in [2.75, 3.05) is 26.2 Å². The molecule has 0 unspecified atom stereocenters. The molecular weight excluding hydrogens is 244 g/mol. The van der Waals surface area contributed by atoms with Crippen LogP contribution in [-0.4, -0.2) is 37.1 Å². The van der Waals surface area contributed by atoms with E-state index in [0.29, 0.717) is 5.41 Å². The maximum atomic E-state index is 3.61. The second-order valence-corrected chi connectivity index (χ2v) is 7.19. The lowest BCUT2D eigenvalue weighted by Gasteiger charge is -2.41. The summed E-state index contributed by atoms with van der Waals surface area (Å²) in [7, 11) is 0. The Morgan fingerprint density at radius 2 is 1.60 bits per heavy atom. The number of hydrogen-bond donors (Lipinski definition) is 1. The van der Waals surface area contributed by atoms with E-state index in [1.54, 1.807) is 0 Å². The topological polar surface area (TPSA) is 15.3 Å². The lowest BCUT2D eigenvalue weighted by molar-refractivity contribution is 0.0942. The third-order valence-corrected chi connectivity index (χ3v) is 5.83. The summed E-state index contributed by atoms with van der Waals surface area (Å²) in [6, 6.07) is 0.890. The van der Waals surface area contributed by atoms with Gasteiger partial charge >= 0.3 is 0 Å². The van der Waals surface area contributed by atoms with Gasteiger partial charge in [0, 0.05) is 6.04 Å². The number of rotatable bonds is 10. The van der Waals surface area contributed by atoms with Gasteiger partial charge in [0.05, 0.1) is 0 Å². The van der Waals surface area contributed by atoms with Crippen molar-refractivity contribution in [3.05, 3.63) is 0 Å². The molecule has 1 saturated heterocycles. The summed E-state index contributed by atoms with van der Waals surface area (Å²) in [5, 5.41) is 3.61. The molecule has 0 aromatic heterocycles. The Bertz CT molecular complexity index is 246. The van der Waals surface area contributed by atoms with E-state index in [4.69, 9.17) is 0 Å². The van der Waals surface area contributed by atoms with Crippen LogP contribution in [0.3, 0.4) is 0 Å². The Labute approximate surface area is 126 Å². The average Bonchev–Trinajstić information content (AvgIpc) is 3.31. The molecule has 2 rings (SSSR count). The Morgan fingerprint density at radius 1 is 0.950 bits per heavy atom. The number of hydrogen-bond acceptors (Lipinski definition) is 2. The number of nitrogens with one attached hydrogen (secondary N) is 1. The monoisotopic (exact) mass is 280 g/mol. The SMILES string of the molecule is CCC1(CC)CCN(CCCCCCNC2CC2)CC1. The van der Waals surface area contributed by atoms with Crippen molar-refractivity contribution in [3.8, 4) is 0 Å². The van der Waals surface area contributed by atoms with Gasteiger partial charge in [-0.2, -0.15) is 0 Å². The number of likely N-dealkylation sites (tertiary alicyclic amines) is 1. The van der Waals surface area contributed by atoms with E-state index in [0.717, 1.165) is 6.04 Å². The van der Waals surface area contributed by atoms with Crippen LogP contribution < -0.4 is 5.32 Å². The van der Waals surface area contributed by atoms with E-state index in [-0.39, 0.29) is 0 Å². The maximum Gasteiger partial charge on any atom is 0.00682 e. The zero-order chi connectivity index (χ0) is 14.3. The van der Waals surface area contributed by atoms with Gasteiger partial charge in [0.15, 0.2) is 0 Å². The predicted molar refractivity (Wildman–Crippen MR) is 88.2 cm³/mol. The Hall–Kier alpha value is -0.0800. The van der Waals surface area contributed by atoms with Crippen LogP contribution >= 0.6 is 0 Å². The van der Waals surface area contributed by atoms with E-state index in [1.165, 1.54) is 90.4 Å². The maximum absolute atomic E-state index is 3.61. The van der Waals surface area contributed by atoms with Crippen molar-refractivity contribution in [2.24, 2.45) is 5.41 Å². The molecule has 0 radical (unpaired) electrons. The molecule has 1 N–H and O–H groups in total. The van der Waals surface area contributed by atoms with Crippen LogP contribution in [0.4, 0.5) is 0 Å². The summed E-state index contributed by atoms with van der Waals surface area (Å²) < 4.78 is 0. The molecule has 2 aliphatic rings. The number of piperidine rings is 1. The molecule has 20 heavy (non-hydrogen) atoms. The van der Waals surface area contributed by atoms with Crippen molar-refractivity contribution in [1.82, 2.24) is 10.2 Å². The van der Waals surface area contributed by atoms with Crippen molar-refractivity contribution in [3.63, 3.8) is 0 Å². The summed E-state index contributed by atoms with van der Waals surface area (Å²) >= 11 is 0. The lowest BCUT2D eigenvalue weighted by Crippen LogP contribution is -2.39. The standard InChI is InChI=1S/C18H36N2/c1-3-18(4-2)11-15-20(16-12-18)14-8-6-5-7-13-19-17-9-10-17/h17,19H,3-16H2,1-2H3. The smallest absolute Gasteiger partial charge is 0.00682 e. The summed E-state index contributed by atoms with van der Waals surface area (Å²) in [6.07, 6.45) is 14.1. The first-order valence-corrected chi connectivity index (χ1v) is 9.24. The molecule has 0 aromatic rings. The second-order valence-electron chi connectivity index (χ2n) is 7.19. The third kappa shape index (κ3) is 5.37. The molecule has 1 aliphatic carbocycles. The predicted octanol–water partition coefficient (Wildman–Crippen LogP) is 4.20. The highest BCUT2D eigenvalue weighted by molar-refractivity contribution is 4.84. The first-order valence-electron chi connectivity index (χ1n) is 9.24. The molecule has 0 amide bonds. The van der Waals surface area contributed by atoms with Crippen LogP contribution in [0.25, 0.3) is 0 Å². The average molecular weight is 280 g/mol. The van der Waals surface area contributed by atoms with Crippen LogP contribution in [0.2, 0.25) is 0 Å². The highest BCUT2D eigenvalue weighted by atomic mass is 15.1. The van der Waals surface area contributed by atoms with Crippen molar-refractivity contribution < 1.29 is 0 Å². The molecule has 0 bridgehead atoms. The fraction of sp³-hybridized carbons (Fsp3) is 1.00. The third-order valence-electron chi connectivity index (χ3n) is 5.83. The molecule has 2 fully saturated rings. The minimum Gasteiger partial charge on any atom is -0.314 e. The summed E-state index contributed by atoms with van der Waals surface area (Å²) in [4.78, 5) is 2.71. The molecule has 0 spiro atoms. The van der Waals surface area contributed by atoms with Gasteiger partial charge < -0.3 is 10.2 Å². The summed E-state index contributed by atoms with van der Waals surface area (Å²) in [5.41, 5.74) is 0.685. The van der Waals surface area contributed by atoms with Crippen LogP contribution in [0.15, 0.2) is 0 Å². The molecule has 2 nitrogen and oxygen atoms in total. The van der Waals surface area contributed by atoms with Crippen LogP contribution in [0.1, 0.15) is 78.1 Å². The normalized spacial score (nSPS) is 23.1. The quantitative estimate of drug-likeness (QED) is 0.603. The van der Waals surface area contributed by atoms with E-state index in [9.17, 15) is 0 Å². The summed E-state index contributed by atoms with van der Waals surface area (Å²) in [5.74, 6) is 0. The zero-order valence-electron chi connectivity index (χ0n) is 13.9. The zero-order valence-corrected chi connectivity index (χ0v) is 13.9. The van der Waals surface area contributed by atoms with Crippen molar-refractivity contribution in [2.45, 2.75) is 84.1 Å². The fourth-order valence-electron chi connectivity index (χ4n) is 3.62. The Kier molecular flexibility index (Phi) is 6.83. The van der Waals surface area contributed by atoms with E-state index < -0.39 is 0 Å². The lowest BCUT2D eigenvalue weighted by atomic mass is 9.74. The van der Waals surface area contributed by atoms with Gasteiger partial charge in [0.25, 0.3) is 0 Å². The van der Waals surface area contributed by atoms with Gasteiger partial charge in [-0.3, -0.25) is 0 Å². The highest BCUT2D eigenvalue weighted by Crippen LogP contribution is 2.37. The van der Waals surface area contributed by atoms with Crippen molar-refractivity contribution in [1.29, 1.82) is 0 Å². The number of unbranched alkanes of at least 4 members (excludes halogenated alkanes) is 3. The van der Waals surface area contributed by atoms with Gasteiger partial charge in [-0.25, -0.2) is 0 Å². The molecule has 1 saturated carbocycles. The first-order chi connectivity index (χ1) is 9.78. The highest BCUT2D eigenvalue weighted by Gasteiger charge is 2.30. The molecule has 2 heteroatoms. The minimum atomic E-state index is 0.685. The fourth-order valence-corrected chi connectivity index (χ4v) is 3.62. The molecular formula is C18H36N2. The molecule has 118 valence electrons. The Morgan fingerprint density at radius 3 is 2.20 bits per heavy atom. The Balaban J connectivity index is 1.44. The van der Waals surface area contributed by atoms with Gasteiger partial charge in [-0.05, 0) is 70.1 Å². The van der Waals surface area contributed by atoms with Gasteiger partial charge in [0.1, 0.15) is 0 Å². The van der Waals surface area contributed by atoms with Gasteiger partial charge in [-0.1, -0.05) is 39.5 Å². The minimum absolute atomic E-state index is 0.685. The van der Waals surface area contributed by atoms with E-state index in [2.05, 4.69) is 24.1 Å².